The van der Waals surface area contributed by atoms with Gasteiger partial charge in [0.05, 0.1) is 0 Å². The summed E-state index contributed by atoms with van der Waals surface area (Å²) in [4.78, 5) is 0. The maximum absolute atomic E-state index is 5.68. The van der Waals surface area contributed by atoms with E-state index in [4.69, 9.17) is 5.73 Å². The van der Waals surface area contributed by atoms with Gasteiger partial charge >= 0.3 is 0 Å². The number of allylic oxidation sites excluding steroid dienone is 1. The first-order chi connectivity index (χ1) is 4.31. The van der Waals surface area contributed by atoms with Crippen LogP contribution in [0.1, 0.15) is 33.1 Å². The lowest BCUT2D eigenvalue weighted by Crippen LogP contribution is -2.15. The van der Waals surface area contributed by atoms with Crippen molar-refractivity contribution in [1.82, 2.24) is 0 Å². The molecule has 0 bridgehead atoms. The maximum atomic E-state index is 5.68. The second-order valence-electron chi connectivity index (χ2n) is 2.29. The van der Waals surface area contributed by atoms with E-state index in [2.05, 4.69) is 26.0 Å². The lowest BCUT2D eigenvalue weighted by molar-refractivity contribution is 0.702. The molecule has 54 valence electrons. The van der Waals surface area contributed by atoms with Crippen LogP contribution in [0.25, 0.3) is 0 Å². The summed E-state index contributed by atoms with van der Waals surface area (Å²) in [6.07, 6.45) is 7.59. The Hall–Kier alpha value is -0.300. The molecule has 0 amide bonds. The van der Waals surface area contributed by atoms with Crippen molar-refractivity contribution in [3.8, 4) is 0 Å². The minimum Gasteiger partial charge on any atom is -0.324 e. The minimum absolute atomic E-state index is 0.287. The Labute approximate surface area is 57.9 Å². The van der Waals surface area contributed by atoms with E-state index in [9.17, 15) is 0 Å². The maximum Gasteiger partial charge on any atom is 0.0223 e. The van der Waals surface area contributed by atoms with Gasteiger partial charge in [-0.3, -0.25) is 0 Å². The fourth-order valence-corrected chi connectivity index (χ4v) is 0.740. The van der Waals surface area contributed by atoms with Crippen molar-refractivity contribution in [3.05, 3.63) is 12.2 Å². The molecule has 0 aliphatic heterocycles. The van der Waals surface area contributed by atoms with Crippen molar-refractivity contribution in [3.63, 3.8) is 0 Å². The Morgan fingerprint density at radius 3 is 2.56 bits per heavy atom. The molecular weight excluding hydrogens is 110 g/mol. The number of nitrogens with two attached hydrogens (primary N) is 1. The Kier molecular flexibility index (Phi) is 5.64. The molecule has 2 N–H and O–H groups in total. The summed E-state index contributed by atoms with van der Waals surface area (Å²) >= 11 is 0. The first-order valence-corrected chi connectivity index (χ1v) is 3.73. The highest BCUT2D eigenvalue weighted by Gasteiger charge is 1.91. The van der Waals surface area contributed by atoms with Crippen molar-refractivity contribution in [1.29, 1.82) is 0 Å². The molecule has 0 aliphatic rings. The number of hydrogen-bond acceptors (Lipinski definition) is 1. The summed E-state index contributed by atoms with van der Waals surface area (Å²) < 4.78 is 0. The zero-order valence-corrected chi connectivity index (χ0v) is 6.43. The molecular formula is C8H17N. The molecule has 0 spiro atoms. The number of rotatable bonds is 4. The van der Waals surface area contributed by atoms with E-state index in [1.165, 1.54) is 6.42 Å². The average molecular weight is 127 g/mol. The zero-order valence-electron chi connectivity index (χ0n) is 6.43. The van der Waals surface area contributed by atoms with Gasteiger partial charge in [0.15, 0.2) is 0 Å². The first-order valence-electron chi connectivity index (χ1n) is 3.73. The molecule has 0 aromatic heterocycles. The largest absolute Gasteiger partial charge is 0.324 e. The Bertz CT molecular complexity index is 76.6. The molecule has 0 rings (SSSR count). The van der Waals surface area contributed by atoms with Crippen LogP contribution in [-0.2, 0) is 0 Å². The summed E-state index contributed by atoms with van der Waals surface area (Å²) in [5.41, 5.74) is 5.68. The van der Waals surface area contributed by atoms with Crippen molar-refractivity contribution >= 4 is 0 Å². The van der Waals surface area contributed by atoms with Crippen LogP contribution in [-0.4, -0.2) is 6.04 Å². The van der Waals surface area contributed by atoms with Gasteiger partial charge in [0.1, 0.15) is 0 Å². The molecule has 1 atom stereocenters. The lowest BCUT2D eigenvalue weighted by Gasteiger charge is -2.01. The third kappa shape index (κ3) is 5.57. The van der Waals surface area contributed by atoms with Crippen molar-refractivity contribution in [2.24, 2.45) is 5.73 Å². The lowest BCUT2D eigenvalue weighted by atomic mass is 10.1. The van der Waals surface area contributed by atoms with E-state index >= 15 is 0 Å². The average Bonchev–Trinajstić information content (AvgIpc) is 1.85. The van der Waals surface area contributed by atoms with E-state index < -0.39 is 0 Å². The molecule has 0 aromatic rings. The standard InChI is InChI=1S/C8H17N/c1-3-5-7-8(9)6-4-2/h5,7-8H,3-4,6,9H2,1-2H3/b7-5-. The second kappa shape index (κ2) is 5.83. The van der Waals surface area contributed by atoms with E-state index in [0.717, 1.165) is 12.8 Å². The number of hydrogen-bond donors (Lipinski definition) is 1. The summed E-state index contributed by atoms with van der Waals surface area (Å²) in [5, 5.41) is 0. The SMILES string of the molecule is CC/C=C\C(N)CCC. The highest BCUT2D eigenvalue weighted by atomic mass is 14.6. The van der Waals surface area contributed by atoms with Gasteiger partial charge in [-0.2, -0.15) is 0 Å². The van der Waals surface area contributed by atoms with E-state index in [-0.39, 0.29) is 6.04 Å². The third-order valence-electron chi connectivity index (χ3n) is 1.24. The molecule has 1 heteroatoms. The molecule has 9 heavy (non-hydrogen) atoms. The molecule has 0 aromatic carbocycles. The van der Waals surface area contributed by atoms with Crippen LogP contribution in [0.5, 0.6) is 0 Å². The molecule has 0 saturated heterocycles. The van der Waals surface area contributed by atoms with Crippen LogP contribution in [0, 0.1) is 0 Å². The molecule has 0 heterocycles. The van der Waals surface area contributed by atoms with E-state index in [1.807, 2.05) is 0 Å². The molecule has 1 nitrogen and oxygen atoms in total. The molecule has 0 aliphatic carbocycles. The zero-order chi connectivity index (χ0) is 7.11. The molecule has 0 radical (unpaired) electrons. The van der Waals surface area contributed by atoms with Gasteiger partial charge < -0.3 is 5.73 Å². The molecule has 0 saturated carbocycles. The predicted octanol–water partition coefficient (Wildman–Crippen LogP) is 2.08. The molecule has 0 fully saturated rings. The monoisotopic (exact) mass is 127 g/mol. The predicted molar refractivity (Wildman–Crippen MR) is 42.3 cm³/mol. The second-order valence-corrected chi connectivity index (χ2v) is 2.29. The summed E-state index contributed by atoms with van der Waals surface area (Å²) in [7, 11) is 0. The summed E-state index contributed by atoms with van der Waals surface area (Å²) in [5.74, 6) is 0. The van der Waals surface area contributed by atoms with E-state index in [0.29, 0.717) is 0 Å². The van der Waals surface area contributed by atoms with Crippen LogP contribution < -0.4 is 5.73 Å². The van der Waals surface area contributed by atoms with Crippen molar-refractivity contribution in [2.45, 2.75) is 39.2 Å². The van der Waals surface area contributed by atoms with Gasteiger partial charge in [-0.05, 0) is 12.8 Å². The molecule has 1 unspecified atom stereocenters. The van der Waals surface area contributed by atoms with E-state index in [1.54, 1.807) is 0 Å². The van der Waals surface area contributed by atoms with Gasteiger partial charge in [-0.15, -0.1) is 0 Å². The van der Waals surface area contributed by atoms with Crippen LogP contribution in [0.4, 0.5) is 0 Å². The quantitative estimate of drug-likeness (QED) is 0.575. The highest BCUT2D eigenvalue weighted by molar-refractivity contribution is 4.89. The van der Waals surface area contributed by atoms with Crippen LogP contribution >= 0.6 is 0 Å². The fraction of sp³-hybridized carbons (Fsp3) is 0.750. The summed E-state index contributed by atoms with van der Waals surface area (Å²) in [6, 6.07) is 0.287. The fourth-order valence-electron chi connectivity index (χ4n) is 0.740. The normalized spacial score (nSPS) is 14.6. The van der Waals surface area contributed by atoms with Gasteiger partial charge in [-0.25, -0.2) is 0 Å². The highest BCUT2D eigenvalue weighted by Crippen LogP contribution is 1.94. The Balaban J connectivity index is 3.25. The van der Waals surface area contributed by atoms with Crippen LogP contribution in [0.15, 0.2) is 12.2 Å². The topological polar surface area (TPSA) is 26.0 Å². The van der Waals surface area contributed by atoms with Gasteiger partial charge in [0.2, 0.25) is 0 Å². The first kappa shape index (κ1) is 8.70. The van der Waals surface area contributed by atoms with Crippen molar-refractivity contribution in [2.75, 3.05) is 0 Å². The van der Waals surface area contributed by atoms with Gasteiger partial charge in [0, 0.05) is 6.04 Å². The van der Waals surface area contributed by atoms with Crippen LogP contribution in [0.3, 0.4) is 0 Å². The Morgan fingerprint density at radius 1 is 1.44 bits per heavy atom. The van der Waals surface area contributed by atoms with Crippen LogP contribution in [0.2, 0.25) is 0 Å². The van der Waals surface area contributed by atoms with Gasteiger partial charge in [-0.1, -0.05) is 32.4 Å². The third-order valence-corrected chi connectivity index (χ3v) is 1.24. The Morgan fingerprint density at radius 2 is 2.11 bits per heavy atom. The van der Waals surface area contributed by atoms with Gasteiger partial charge in [0.25, 0.3) is 0 Å². The smallest absolute Gasteiger partial charge is 0.0223 e. The van der Waals surface area contributed by atoms with Crippen molar-refractivity contribution < 1.29 is 0 Å². The summed E-state index contributed by atoms with van der Waals surface area (Å²) in [6.45, 7) is 4.27. The minimum atomic E-state index is 0.287.